The van der Waals surface area contributed by atoms with Crippen molar-refractivity contribution in [3.8, 4) is 0 Å². The van der Waals surface area contributed by atoms with Gasteiger partial charge in [0.15, 0.2) is 0 Å². The van der Waals surface area contributed by atoms with E-state index in [2.05, 4.69) is 5.10 Å². The maximum absolute atomic E-state index is 11.7. The van der Waals surface area contributed by atoms with Crippen molar-refractivity contribution in [3.05, 3.63) is 64.0 Å². The molecule has 0 spiro atoms. The summed E-state index contributed by atoms with van der Waals surface area (Å²) in [4.78, 5) is 21.8. The van der Waals surface area contributed by atoms with E-state index in [1.165, 1.54) is 18.2 Å². The van der Waals surface area contributed by atoms with Crippen molar-refractivity contribution in [1.29, 1.82) is 0 Å². The molecule has 0 saturated carbocycles. The lowest BCUT2D eigenvalue weighted by Gasteiger charge is -1.93. The minimum absolute atomic E-state index is 0.0215. The summed E-state index contributed by atoms with van der Waals surface area (Å²) in [6, 6.07) is 7.58. The lowest BCUT2D eigenvalue weighted by Crippen LogP contribution is -1.97. The maximum Gasteiger partial charge on any atom is 0.269 e. The zero-order valence-corrected chi connectivity index (χ0v) is 10.2. The molecule has 0 bridgehead atoms. The number of benzene rings is 1. The van der Waals surface area contributed by atoms with Crippen LogP contribution in [0.25, 0.3) is 6.08 Å². The Balaban J connectivity index is 2.10. The summed E-state index contributed by atoms with van der Waals surface area (Å²) in [6.45, 7) is 0. The molecule has 0 N–H and O–H groups in total. The van der Waals surface area contributed by atoms with Crippen molar-refractivity contribution in [2.45, 2.75) is 0 Å². The topological polar surface area (TPSA) is 78.0 Å². The van der Waals surface area contributed by atoms with Crippen LogP contribution in [0.5, 0.6) is 0 Å². The Morgan fingerprint density at radius 3 is 2.53 bits per heavy atom. The summed E-state index contributed by atoms with van der Waals surface area (Å²) in [5, 5.41) is 14.5. The molecule has 0 atom stereocenters. The summed E-state index contributed by atoms with van der Waals surface area (Å²) in [5.41, 5.74) is 1.10. The normalized spacial score (nSPS) is 10.8. The molecule has 6 nitrogen and oxygen atoms in total. The standard InChI is InChI=1S/C13H11N3O3/c1-15-9-8-12(14-15)13(17)7-4-10-2-5-11(6-3-10)16(18)19/h2-9H,1H3/b7-4+. The molecule has 0 aliphatic carbocycles. The summed E-state index contributed by atoms with van der Waals surface area (Å²) >= 11 is 0. The number of hydrogen-bond donors (Lipinski definition) is 0. The lowest BCUT2D eigenvalue weighted by molar-refractivity contribution is -0.384. The SMILES string of the molecule is Cn1ccc(C(=O)/C=C/c2ccc([N+](=O)[O-])cc2)n1. The van der Waals surface area contributed by atoms with Crippen molar-refractivity contribution >= 4 is 17.5 Å². The molecular weight excluding hydrogens is 246 g/mol. The van der Waals surface area contributed by atoms with Gasteiger partial charge in [-0.15, -0.1) is 0 Å². The number of carbonyl (C=O) groups excluding carboxylic acids is 1. The Labute approximate surface area is 109 Å². The van der Waals surface area contributed by atoms with E-state index in [1.807, 2.05) is 0 Å². The number of aryl methyl sites for hydroxylation is 1. The summed E-state index contributed by atoms with van der Waals surface area (Å²) < 4.78 is 1.55. The third-order valence-electron chi connectivity index (χ3n) is 2.50. The van der Waals surface area contributed by atoms with Crippen LogP contribution in [-0.2, 0) is 7.05 Å². The van der Waals surface area contributed by atoms with Crippen molar-refractivity contribution in [2.75, 3.05) is 0 Å². The number of allylic oxidation sites excluding steroid dienone is 1. The third-order valence-corrected chi connectivity index (χ3v) is 2.50. The molecule has 19 heavy (non-hydrogen) atoms. The third kappa shape index (κ3) is 3.12. The fourth-order valence-corrected chi connectivity index (χ4v) is 1.51. The Morgan fingerprint density at radius 2 is 2.00 bits per heavy atom. The van der Waals surface area contributed by atoms with Gasteiger partial charge in [0.2, 0.25) is 5.78 Å². The molecule has 0 radical (unpaired) electrons. The predicted octanol–water partition coefficient (Wildman–Crippen LogP) is 2.22. The molecule has 2 rings (SSSR count). The van der Waals surface area contributed by atoms with E-state index in [0.717, 1.165) is 5.56 Å². The quantitative estimate of drug-likeness (QED) is 0.364. The highest BCUT2D eigenvalue weighted by atomic mass is 16.6. The van der Waals surface area contributed by atoms with E-state index >= 15 is 0 Å². The van der Waals surface area contributed by atoms with Crippen LogP contribution in [0.2, 0.25) is 0 Å². The Bertz CT molecular complexity index is 641. The van der Waals surface area contributed by atoms with E-state index in [0.29, 0.717) is 5.69 Å². The van der Waals surface area contributed by atoms with Gasteiger partial charge in [-0.05, 0) is 29.8 Å². The zero-order valence-electron chi connectivity index (χ0n) is 10.2. The van der Waals surface area contributed by atoms with Gasteiger partial charge < -0.3 is 0 Å². The molecule has 1 heterocycles. The number of hydrogen-bond acceptors (Lipinski definition) is 4. The van der Waals surface area contributed by atoms with Crippen molar-refractivity contribution in [2.24, 2.45) is 7.05 Å². The second kappa shape index (κ2) is 5.26. The predicted molar refractivity (Wildman–Crippen MR) is 69.7 cm³/mol. The minimum Gasteiger partial charge on any atom is -0.287 e. The van der Waals surface area contributed by atoms with Crippen LogP contribution in [0.1, 0.15) is 16.1 Å². The second-order valence-electron chi connectivity index (χ2n) is 3.92. The van der Waals surface area contributed by atoms with Crippen LogP contribution in [-0.4, -0.2) is 20.5 Å². The molecule has 0 saturated heterocycles. The molecule has 1 aromatic heterocycles. The first-order valence-corrected chi connectivity index (χ1v) is 5.53. The lowest BCUT2D eigenvalue weighted by atomic mass is 10.1. The van der Waals surface area contributed by atoms with Crippen LogP contribution in [0, 0.1) is 10.1 Å². The first-order valence-electron chi connectivity index (χ1n) is 5.53. The van der Waals surface area contributed by atoms with Gasteiger partial charge in [-0.1, -0.05) is 6.08 Å². The summed E-state index contributed by atoms with van der Waals surface area (Å²) in [5.74, 6) is -0.209. The average molecular weight is 257 g/mol. The number of nitrogens with zero attached hydrogens (tertiary/aromatic N) is 3. The smallest absolute Gasteiger partial charge is 0.269 e. The van der Waals surface area contributed by atoms with Gasteiger partial charge in [-0.25, -0.2) is 0 Å². The zero-order chi connectivity index (χ0) is 13.8. The molecule has 2 aromatic rings. The van der Waals surface area contributed by atoms with Gasteiger partial charge in [0.1, 0.15) is 5.69 Å². The first kappa shape index (κ1) is 12.7. The highest BCUT2D eigenvalue weighted by molar-refractivity contribution is 6.05. The van der Waals surface area contributed by atoms with E-state index in [1.54, 1.807) is 42.2 Å². The van der Waals surface area contributed by atoms with Crippen molar-refractivity contribution < 1.29 is 9.72 Å². The minimum atomic E-state index is -0.466. The van der Waals surface area contributed by atoms with Gasteiger partial charge in [0.05, 0.1) is 4.92 Å². The Hall–Kier alpha value is -2.76. The second-order valence-corrected chi connectivity index (χ2v) is 3.92. The molecule has 96 valence electrons. The molecule has 0 amide bonds. The van der Waals surface area contributed by atoms with Gasteiger partial charge >= 0.3 is 0 Å². The fourth-order valence-electron chi connectivity index (χ4n) is 1.51. The van der Waals surface area contributed by atoms with Gasteiger partial charge in [-0.2, -0.15) is 5.10 Å². The largest absolute Gasteiger partial charge is 0.287 e. The molecular formula is C13H11N3O3. The summed E-state index contributed by atoms with van der Waals surface area (Å²) in [6.07, 6.45) is 4.68. The number of nitro benzene ring substituents is 1. The maximum atomic E-state index is 11.7. The number of nitro groups is 1. The highest BCUT2D eigenvalue weighted by Gasteiger charge is 2.05. The van der Waals surface area contributed by atoms with Crippen LogP contribution < -0.4 is 0 Å². The highest BCUT2D eigenvalue weighted by Crippen LogP contribution is 2.13. The van der Waals surface area contributed by atoms with E-state index in [4.69, 9.17) is 0 Å². The van der Waals surface area contributed by atoms with Crippen molar-refractivity contribution in [3.63, 3.8) is 0 Å². The monoisotopic (exact) mass is 257 g/mol. The average Bonchev–Trinajstić information content (AvgIpc) is 2.83. The van der Waals surface area contributed by atoms with E-state index in [-0.39, 0.29) is 11.5 Å². The van der Waals surface area contributed by atoms with Crippen LogP contribution >= 0.6 is 0 Å². The van der Waals surface area contributed by atoms with Crippen molar-refractivity contribution in [1.82, 2.24) is 9.78 Å². The number of non-ortho nitro benzene ring substituents is 1. The van der Waals surface area contributed by atoms with Gasteiger partial charge in [0.25, 0.3) is 5.69 Å². The fraction of sp³-hybridized carbons (Fsp3) is 0.0769. The molecule has 6 heteroatoms. The number of aromatic nitrogens is 2. The Morgan fingerprint density at radius 1 is 1.32 bits per heavy atom. The summed E-state index contributed by atoms with van der Waals surface area (Å²) in [7, 11) is 1.73. The van der Waals surface area contributed by atoms with Crippen LogP contribution in [0.4, 0.5) is 5.69 Å². The number of rotatable bonds is 4. The van der Waals surface area contributed by atoms with E-state index in [9.17, 15) is 14.9 Å². The Kier molecular flexibility index (Phi) is 3.51. The molecule has 1 aromatic carbocycles. The van der Waals surface area contributed by atoms with Crippen LogP contribution in [0.15, 0.2) is 42.6 Å². The van der Waals surface area contributed by atoms with Gasteiger partial charge in [-0.3, -0.25) is 19.6 Å². The molecule has 0 unspecified atom stereocenters. The van der Waals surface area contributed by atoms with E-state index < -0.39 is 4.92 Å². The number of ketones is 1. The van der Waals surface area contributed by atoms with Gasteiger partial charge in [0, 0.05) is 25.4 Å². The molecule has 0 aliphatic heterocycles. The van der Waals surface area contributed by atoms with Crippen LogP contribution in [0.3, 0.4) is 0 Å². The molecule has 0 aliphatic rings. The molecule has 0 fully saturated rings. The first-order chi connectivity index (χ1) is 9.06. The number of carbonyl (C=O) groups is 1.